The summed E-state index contributed by atoms with van der Waals surface area (Å²) in [6, 6.07) is 36.9. The van der Waals surface area contributed by atoms with Crippen LogP contribution in [0.1, 0.15) is 301 Å². The Kier molecular flexibility index (Phi) is 64.6. The lowest BCUT2D eigenvalue weighted by Crippen LogP contribution is -3.00. The highest BCUT2D eigenvalue weighted by Gasteiger charge is 2.13. The molecular weight excluding hydrogens is 1550 g/mol. The molecule has 0 unspecified atom stereocenters. The van der Waals surface area contributed by atoms with Crippen molar-refractivity contribution in [2.24, 2.45) is 0 Å². The molecule has 8 nitrogen and oxygen atoms in total. The molecule has 0 saturated heterocycles. The van der Waals surface area contributed by atoms with E-state index in [9.17, 15) is 0 Å². The first-order valence-corrected chi connectivity index (χ1v) is 43.4. The fourth-order valence-corrected chi connectivity index (χ4v) is 16.1. The summed E-state index contributed by atoms with van der Waals surface area (Å²) in [6.45, 7) is 9.11. The molecule has 1 aliphatic heterocycles. The fourth-order valence-electron chi connectivity index (χ4n) is 16.1. The third-order valence-corrected chi connectivity index (χ3v) is 22.4. The lowest BCUT2D eigenvalue weighted by atomic mass is 10.1. The zero-order valence-electron chi connectivity index (χ0n) is 68.7. The van der Waals surface area contributed by atoms with E-state index in [1.807, 2.05) is 0 Å². The molecule has 624 valence electrons. The molecule has 0 saturated carbocycles. The first-order valence-electron chi connectivity index (χ1n) is 43.4. The summed E-state index contributed by atoms with van der Waals surface area (Å²) in [5.74, 6) is 0. The van der Waals surface area contributed by atoms with Gasteiger partial charge in [-0.05, 0) is 203 Å². The van der Waals surface area contributed by atoms with Gasteiger partial charge in [0.1, 0.15) is 52.4 Å². The largest absolute Gasteiger partial charge is 1.00 e. The second-order valence-corrected chi connectivity index (χ2v) is 31.7. The third kappa shape index (κ3) is 47.7. The fraction of sp³-hybridized carbons (Fsp3) is 0.583. The summed E-state index contributed by atoms with van der Waals surface area (Å²) >= 11 is 0. The number of aryl methyl sites for hydroxylation is 16. The minimum absolute atomic E-state index is 0. The molecule has 16 heteroatoms. The minimum atomic E-state index is 0. The summed E-state index contributed by atoms with van der Waals surface area (Å²) in [4.78, 5) is 0. The standard InChI is InChI=1S/C96H144N8.8ClH/c1-9-25-49-89-57-41-74-98(81-89)66-34-18-3-11-27-51-91-59-43-76-100(83-91)68-36-20-5-13-29-53-93-61-45-78-102(85-93)70-38-22-7-15-31-55-95-63-47-80-104(87-95)72-40-24-8-16-32-56-96-64-48-79-103(88-96)71-39-23-6-14-30-54-94-62-46-77-101(86-94)69-37-21-4-12-28-52-92-60-44-75-99(84-92)67-35-19-2-10-26-50-90-58-42-73-97(82-90)65-33-17-1;;;;;;;;/h41-48,57-64,73-88H,1-40,49-56,65-72H2;8*1H/q+8;;;;;;;;/p-8. The van der Waals surface area contributed by atoms with Crippen LogP contribution in [0.5, 0.6) is 0 Å². The number of fused-ring (bicyclic) bond motifs is 16. The molecule has 8 aromatic heterocycles. The molecular formula is C96H144Cl8N8. The van der Waals surface area contributed by atoms with Gasteiger partial charge in [-0.2, -0.15) is 0 Å². The van der Waals surface area contributed by atoms with Gasteiger partial charge < -0.3 is 99.3 Å². The Hall–Kier alpha value is -4.48. The van der Waals surface area contributed by atoms with Crippen LogP contribution in [0, 0.1) is 0 Å². The van der Waals surface area contributed by atoms with E-state index in [1.165, 1.54) is 353 Å². The molecule has 1 aliphatic rings. The van der Waals surface area contributed by atoms with Gasteiger partial charge in [-0.3, -0.25) is 0 Å². The highest BCUT2D eigenvalue weighted by atomic mass is 35.5. The van der Waals surface area contributed by atoms with Gasteiger partial charge in [-0.25, -0.2) is 36.5 Å². The summed E-state index contributed by atoms with van der Waals surface area (Å²) in [6.07, 6.45) is 99.7. The molecule has 0 amide bonds. The van der Waals surface area contributed by atoms with E-state index in [0.29, 0.717) is 0 Å². The van der Waals surface area contributed by atoms with E-state index in [1.54, 1.807) is 0 Å². The zero-order valence-corrected chi connectivity index (χ0v) is 74.7. The number of aromatic nitrogens is 8. The average molecular weight is 1690 g/mol. The molecule has 0 N–H and O–H groups in total. The number of pyridine rings is 8. The Balaban J connectivity index is 0.00000784. The van der Waals surface area contributed by atoms with Crippen molar-refractivity contribution in [1.29, 1.82) is 0 Å². The molecule has 9 rings (SSSR count). The van der Waals surface area contributed by atoms with E-state index in [0.717, 1.165) is 52.4 Å². The monoisotopic (exact) mass is 1690 g/mol. The predicted molar refractivity (Wildman–Crippen MR) is 427 cm³/mol. The molecule has 0 spiro atoms. The van der Waals surface area contributed by atoms with Crippen LogP contribution in [0.3, 0.4) is 0 Å². The predicted octanol–water partition coefficient (Wildman–Crippen LogP) is -4.12. The number of rotatable bonds is 0. The van der Waals surface area contributed by atoms with Crippen molar-refractivity contribution in [3.63, 3.8) is 0 Å². The Bertz CT molecular complexity index is 2690. The van der Waals surface area contributed by atoms with Crippen LogP contribution in [0.25, 0.3) is 0 Å². The normalized spacial score (nSPS) is 16.9. The molecule has 16 bridgehead atoms. The van der Waals surface area contributed by atoms with Crippen LogP contribution >= 0.6 is 0 Å². The maximum absolute atomic E-state index is 2.45. The molecule has 8 aromatic rings. The van der Waals surface area contributed by atoms with Crippen LogP contribution in [0.2, 0.25) is 0 Å². The van der Waals surface area contributed by atoms with E-state index in [4.69, 9.17) is 0 Å². The number of nitrogens with zero attached hydrogens (tertiary/aromatic N) is 8. The van der Waals surface area contributed by atoms with Crippen molar-refractivity contribution >= 4 is 0 Å². The molecule has 0 fully saturated rings. The number of hydrogen-bond acceptors (Lipinski definition) is 0. The van der Waals surface area contributed by atoms with Crippen molar-refractivity contribution in [3.05, 3.63) is 241 Å². The van der Waals surface area contributed by atoms with Gasteiger partial charge >= 0.3 is 0 Å². The van der Waals surface area contributed by atoms with E-state index in [-0.39, 0.29) is 99.3 Å². The Labute approximate surface area is 731 Å². The SMILES string of the molecule is [Cl-].[Cl-].[Cl-].[Cl-].[Cl-].[Cl-].[Cl-].[Cl-].c1cc2c[n+](c1)CCCCCCCc1ccc[n+](c1)CCCCCCCc1ccc[n+](c1)CCCCCCCc1ccc[n+](c1)CCCCCCCc1ccc[n+](c1)CCCCCCCc1ccc[n+](c1)CCCCCCCc1ccc[n+](c1)CCCCCCCc1ccc[n+](c1)CCCCCCC2. The second-order valence-electron chi connectivity index (χ2n) is 31.7. The van der Waals surface area contributed by atoms with Gasteiger partial charge in [0.2, 0.25) is 0 Å². The van der Waals surface area contributed by atoms with Crippen molar-refractivity contribution in [2.75, 3.05) is 0 Å². The van der Waals surface area contributed by atoms with Crippen LogP contribution in [-0.2, 0) is 104 Å². The molecule has 112 heavy (non-hydrogen) atoms. The average Bonchev–Trinajstić information content (AvgIpc) is 0.938. The topological polar surface area (TPSA) is 31.0 Å². The minimum Gasteiger partial charge on any atom is -1.00 e. The lowest BCUT2D eigenvalue weighted by molar-refractivity contribution is -0.697. The lowest BCUT2D eigenvalue weighted by Gasteiger charge is -2.05. The van der Waals surface area contributed by atoms with Crippen molar-refractivity contribution in [2.45, 2.75) is 361 Å². The van der Waals surface area contributed by atoms with Gasteiger partial charge in [0, 0.05) is 144 Å². The Morgan fingerprint density at radius 3 is 0.339 bits per heavy atom. The smallest absolute Gasteiger partial charge is 0.171 e. The number of halogens is 8. The summed E-state index contributed by atoms with van der Waals surface area (Å²) in [5, 5.41) is 0. The zero-order chi connectivity index (χ0) is 71.5. The maximum atomic E-state index is 2.45. The number of hydrogen-bond donors (Lipinski definition) is 0. The van der Waals surface area contributed by atoms with E-state index >= 15 is 0 Å². The first-order chi connectivity index (χ1) is 51.6. The van der Waals surface area contributed by atoms with Gasteiger partial charge in [-0.1, -0.05) is 103 Å². The Morgan fingerprint density at radius 2 is 0.223 bits per heavy atom. The first kappa shape index (κ1) is 106. The van der Waals surface area contributed by atoms with Gasteiger partial charge in [0.05, 0.1) is 0 Å². The maximum Gasteiger partial charge on any atom is 0.171 e. The molecule has 0 aromatic carbocycles. The summed E-state index contributed by atoms with van der Waals surface area (Å²) in [5.41, 5.74) is 12.0. The summed E-state index contributed by atoms with van der Waals surface area (Å²) < 4.78 is 19.6. The highest BCUT2D eigenvalue weighted by molar-refractivity contribution is 5.10. The van der Waals surface area contributed by atoms with E-state index in [2.05, 4.69) is 233 Å². The van der Waals surface area contributed by atoms with Crippen LogP contribution in [-0.4, -0.2) is 0 Å². The van der Waals surface area contributed by atoms with Gasteiger partial charge in [0.25, 0.3) is 0 Å². The second kappa shape index (κ2) is 68.6. The third-order valence-electron chi connectivity index (χ3n) is 22.4. The van der Waals surface area contributed by atoms with Crippen molar-refractivity contribution in [1.82, 2.24) is 0 Å². The van der Waals surface area contributed by atoms with Crippen LogP contribution in [0.4, 0.5) is 0 Å². The van der Waals surface area contributed by atoms with Crippen molar-refractivity contribution < 1.29 is 136 Å². The highest BCUT2D eigenvalue weighted by Crippen LogP contribution is 2.17. The Morgan fingerprint density at radius 1 is 0.125 bits per heavy atom. The van der Waals surface area contributed by atoms with Crippen molar-refractivity contribution in [3.8, 4) is 0 Å². The molecule has 0 atom stereocenters. The quantitative estimate of drug-likeness (QED) is 0.139. The van der Waals surface area contributed by atoms with E-state index < -0.39 is 0 Å². The molecule has 9 heterocycles. The van der Waals surface area contributed by atoms with Gasteiger partial charge in [0.15, 0.2) is 99.1 Å². The van der Waals surface area contributed by atoms with Crippen LogP contribution < -0.4 is 136 Å². The molecule has 0 radical (unpaired) electrons. The van der Waals surface area contributed by atoms with Crippen LogP contribution in [0.15, 0.2) is 196 Å². The van der Waals surface area contributed by atoms with Gasteiger partial charge in [-0.15, -0.1) is 0 Å². The summed E-state index contributed by atoms with van der Waals surface area (Å²) in [7, 11) is 0. The molecule has 0 aliphatic carbocycles.